The normalized spacial score (nSPS) is 11.4. The number of rotatable bonds is 7. The first-order chi connectivity index (χ1) is 15.9. The van der Waals surface area contributed by atoms with Crippen molar-refractivity contribution in [2.75, 3.05) is 17.7 Å². The van der Waals surface area contributed by atoms with E-state index in [0.29, 0.717) is 11.4 Å². The lowest BCUT2D eigenvalue weighted by Crippen LogP contribution is -2.25. The molecule has 0 unspecified atom stereocenters. The maximum absolute atomic E-state index is 13.0. The number of hydrogen-bond acceptors (Lipinski definition) is 10. The van der Waals surface area contributed by atoms with E-state index in [1.165, 1.54) is 16.8 Å². The van der Waals surface area contributed by atoms with E-state index in [1.807, 2.05) is 42.3 Å². The number of carbonyl (C=O) groups is 1. The number of aromatic hydroxyl groups is 1. The molecule has 0 aliphatic carbocycles. The summed E-state index contributed by atoms with van der Waals surface area (Å²) in [5.41, 5.74) is 11.0. The lowest BCUT2D eigenvalue weighted by molar-refractivity contribution is 0.0948. The predicted molar refractivity (Wildman–Crippen MR) is 120 cm³/mol. The highest BCUT2D eigenvalue weighted by molar-refractivity contribution is 6.00. The van der Waals surface area contributed by atoms with Crippen molar-refractivity contribution in [3.05, 3.63) is 71.5 Å². The number of phenolic OH excluding ortho intramolecular Hbond substituents is 1. The number of nitrogens with two attached hydrogens (primary N) is 1. The number of carbonyl (C=O) groups excluding carboxylic acids is 1. The lowest BCUT2D eigenvalue weighted by atomic mass is 10.1. The summed E-state index contributed by atoms with van der Waals surface area (Å²) < 4.78 is 6.00. The first-order valence-corrected chi connectivity index (χ1v) is 9.87. The Kier molecular flexibility index (Phi) is 5.98. The molecule has 0 aliphatic heterocycles. The molecule has 168 valence electrons. The predicted octanol–water partition coefficient (Wildman–Crippen LogP) is 1.73. The van der Waals surface area contributed by atoms with Crippen molar-refractivity contribution in [3.8, 4) is 11.6 Å². The maximum atomic E-state index is 13.0. The molecule has 12 heteroatoms. The third-order valence-corrected chi connectivity index (χ3v) is 4.87. The van der Waals surface area contributed by atoms with Crippen LogP contribution in [0.1, 0.15) is 28.7 Å². The molecule has 0 radical (unpaired) electrons. The summed E-state index contributed by atoms with van der Waals surface area (Å²) >= 11 is 0. The fraction of sp³-hybridized carbons (Fsp3) is 0.143. The van der Waals surface area contributed by atoms with Crippen molar-refractivity contribution >= 4 is 23.1 Å². The molecule has 0 saturated carbocycles. The van der Waals surface area contributed by atoms with Gasteiger partial charge in [0.2, 0.25) is 11.6 Å². The summed E-state index contributed by atoms with van der Waals surface area (Å²) in [5.74, 6) is -0.287. The van der Waals surface area contributed by atoms with E-state index in [2.05, 4.69) is 35.8 Å². The smallest absolute Gasteiger partial charge is 0.293 e. The number of nitrogen functional groups attached to an aromatic ring is 1. The minimum absolute atomic E-state index is 0.0108. The standard InChI is InChI=1S/C21H21N9O3/c1-13(14-8-10-16(31)11-9-14)23-25-21(32)18-17(12-29(2)15-6-4-3-5-7-15)30(28-24-18)20-19(22)26-33-27-20/h3-11,31H,12H2,1-2H3,(H2,22,26)(H,25,32). The first kappa shape index (κ1) is 21.5. The van der Waals surface area contributed by atoms with E-state index in [1.54, 1.807) is 19.1 Å². The van der Waals surface area contributed by atoms with Gasteiger partial charge in [0.1, 0.15) is 5.75 Å². The highest BCUT2D eigenvalue weighted by Gasteiger charge is 2.25. The second kappa shape index (κ2) is 9.18. The van der Waals surface area contributed by atoms with Gasteiger partial charge in [0.15, 0.2) is 5.69 Å². The quantitative estimate of drug-likeness (QED) is 0.283. The zero-order valence-corrected chi connectivity index (χ0v) is 17.9. The number of aromatic nitrogens is 5. The molecule has 4 rings (SSSR count). The number of nitrogens with one attached hydrogen (secondary N) is 1. The third kappa shape index (κ3) is 4.63. The second-order valence-electron chi connectivity index (χ2n) is 7.15. The van der Waals surface area contributed by atoms with Crippen LogP contribution in [0, 0.1) is 0 Å². The maximum Gasteiger partial charge on any atom is 0.293 e. The zero-order valence-electron chi connectivity index (χ0n) is 17.9. The van der Waals surface area contributed by atoms with Gasteiger partial charge in [-0.1, -0.05) is 23.4 Å². The van der Waals surface area contributed by atoms with Crippen LogP contribution >= 0.6 is 0 Å². The van der Waals surface area contributed by atoms with Gasteiger partial charge < -0.3 is 15.7 Å². The summed E-state index contributed by atoms with van der Waals surface area (Å²) in [6.07, 6.45) is 0. The first-order valence-electron chi connectivity index (χ1n) is 9.87. The molecule has 0 atom stereocenters. The van der Waals surface area contributed by atoms with Gasteiger partial charge in [-0.3, -0.25) is 4.79 Å². The molecule has 33 heavy (non-hydrogen) atoms. The van der Waals surface area contributed by atoms with Crippen molar-refractivity contribution in [3.63, 3.8) is 0 Å². The number of phenols is 1. The summed E-state index contributed by atoms with van der Waals surface area (Å²) in [6.45, 7) is 1.99. The molecular weight excluding hydrogens is 426 g/mol. The average molecular weight is 447 g/mol. The van der Waals surface area contributed by atoms with Crippen LogP contribution in [0.2, 0.25) is 0 Å². The Morgan fingerprint density at radius 2 is 1.91 bits per heavy atom. The van der Waals surface area contributed by atoms with E-state index in [0.717, 1.165) is 11.3 Å². The largest absolute Gasteiger partial charge is 0.508 e. The van der Waals surface area contributed by atoms with Crippen molar-refractivity contribution in [2.45, 2.75) is 13.5 Å². The Morgan fingerprint density at radius 1 is 1.18 bits per heavy atom. The number of benzene rings is 2. The van der Waals surface area contributed by atoms with E-state index < -0.39 is 5.91 Å². The highest BCUT2D eigenvalue weighted by Crippen LogP contribution is 2.20. The van der Waals surface area contributed by atoms with Crippen LogP contribution in [0.15, 0.2) is 64.3 Å². The molecule has 2 heterocycles. The number of anilines is 2. The van der Waals surface area contributed by atoms with Gasteiger partial charge >= 0.3 is 0 Å². The fourth-order valence-electron chi connectivity index (χ4n) is 3.08. The molecule has 0 bridgehead atoms. The number of para-hydroxylation sites is 1. The van der Waals surface area contributed by atoms with Gasteiger partial charge in [0.25, 0.3) is 5.91 Å². The van der Waals surface area contributed by atoms with E-state index in [9.17, 15) is 9.90 Å². The Bertz CT molecular complexity index is 1280. The van der Waals surface area contributed by atoms with Gasteiger partial charge in [-0.15, -0.1) is 5.10 Å². The Balaban J connectivity index is 1.63. The van der Waals surface area contributed by atoms with Gasteiger partial charge in [0, 0.05) is 12.7 Å². The zero-order chi connectivity index (χ0) is 23.4. The average Bonchev–Trinajstić information content (AvgIpc) is 3.43. The van der Waals surface area contributed by atoms with Crippen LogP contribution in [0.4, 0.5) is 11.5 Å². The van der Waals surface area contributed by atoms with Gasteiger partial charge in [0.05, 0.1) is 18.0 Å². The molecule has 0 aliphatic rings. The minimum atomic E-state index is -0.564. The highest BCUT2D eigenvalue weighted by atomic mass is 16.6. The molecule has 0 saturated heterocycles. The van der Waals surface area contributed by atoms with Crippen molar-refractivity contribution in [1.29, 1.82) is 0 Å². The molecule has 0 fully saturated rings. The molecule has 4 aromatic rings. The van der Waals surface area contributed by atoms with Gasteiger partial charge in [-0.05, 0) is 59.2 Å². The number of hydrazone groups is 1. The molecule has 0 spiro atoms. The SMILES string of the molecule is CC(=NNC(=O)c1nnn(-c2nonc2N)c1CN(C)c1ccccc1)c1ccc(O)cc1. The number of hydrogen-bond donors (Lipinski definition) is 3. The molecule has 2 aromatic heterocycles. The molecule has 2 aromatic carbocycles. The minimum Gasteiger partial charge on any atom is -0.508 e. The number of nitrogens with zero attached hydrogens (tertiary/aromatic N) is 7. The fourth-order valence-corrected chi connectivity index (χ4v) is 3.08. The van der Waals surface area contributed by atoms with E-state index in [-0.39, 0.29) is 29.6 Å². The van der Waals surface area contributed by atoms with Crippen LogP contribution < -0.4 is 16.1 Å². The molecule has 12 nitrogen and oxygen atoms in total. The van der Waals surface area contributed by atoms with Crippen LogP contribution in [0.5, 0.6) is 5.75 Å². The summed E-state index contributed by atoms with van der Waals surface area (Å²) in [7, 11) is 1.87. The summed E-state index contributed by atoms with van der Waals surface area (Å²) in [4.78, 5) is 14.9. The van der Waals surface area contributed by atoms with Crippen molar-refractivity contribution in [1.82, 2.24) is 30.7 Å². The van der Waals surface area contributed by atoms with Crippen molar-refractivity contribution in [2.24, 2.45) is 5.10 Å². The van der Waals surface area contributed by atoms with E-state index in [4.69, 9.17) is 5.73 Å². The van der Waals surface area contributed by atoms with E-state index >= 15 is 0 Å². The topological polar surface area (TPSA) is 161 Å². The van der Waals surface area contributed by atoms with Gasteiger partial charge in [-0.2, -0.15) is 9.78 Å². The van der Waals surface area contributed by atoms with Gasteiger partial charge in [-0.25, -0.2) is 10.1 Å². The Morgan fingerprint density at radius 3 is 2.58 bits per heavy atom. The number of amides is 1. The Labute approximate surface area is 188 Å². The summed E-state index contributed by atoms with van der Waals surface area (Å²) in [5, 5.41) is 29.0. The van der Waals surface area contributed by atoms with Crippen LogP contribution in [0.3, 0.4) is 0 Å². The van der Waals surface area contributed by atoms with Crippen LogP contribution in [0.25, 0.3) is 5.82 Å². The lowest BCUT2D eigenvalue weighted by Gasteiger charge is -2.19. The van der Waals surface area contributed by atoms with Crippen LogP contribution in [-0.2, 0) is 6.54 Å². The van der Waals surface area contributed by atoms with Crippen LogP contribution in [-0.4, -0.2) is 49.1 Å². The molecule has 4 N–H and O–H groups in total. The Hall–Kier alpha value is -4.74. The third-order valence-electron chi connectivity index (χ3n) is 4.87. The summed E-state index contributed by atoms with van der Waals surface area (Å²) in [6, 6.07) is 16.1. The molecular formula is C21H21N9O3. The molecule has 1 amide bonds. The second-order valence-corrected chi connectivity index (χ2v) is 7.15. The monoisotopic (exact) mass is 447 g/mol. The van der Waals surface area contributed by atoms with Crippen molar-refractivity contribution < 1.29 is 14.5 Å².